The highest BCUT2D eigenvalue weighted by Crippen LogP contribution is 2.33. The standard InChI is InChI=1S/C32H33N3O5/c1-21-29(33-32(37)39-22(2)23-8-5-4-6-9-23)30(40-34-21)26-13-11-24(12-14-26)25-15-17-28(18-16-25)35-19-7-10-27(20-35)31(36)38-3/h4-6,8-9,11-18,22,27H,7,10,19-20H2,1-3H3,(H,33,37). The van der Waals surface area contributed by atoms with E-state index in [1.807, 2.05) is 61.5 Å². The van der Waals surface area contributed by atoms with Gasteiger partial charge in [-0.2, -0.15) is 0 Å². The zero-order valence-corrected chi connectivity index (χ0v) is 22.9. The maximum Gasteiger partial charge on any atom is 0.412 e. The zero-order valence-electron chi connectivity index (χ0n) is 22.9. The number of hydrogen-bond acceptors (Lipinski definition) is 7. The van der Waals surface area contributed by atoms with E-state index in [1.54, 1.807) is 6.92 Å². The Labute approximate surface area is 233 Å². The number of aryl methyl sites for hydroxylation is 1. The Morgan fingerprint density at radius 1 is 0.975 bits per heavy atom. The van der Waals surface area contributed by atoms with Gasteiger partial charge in [0.05, 0.1) is 13.0 Å². The lowest BCUT2D eigenvalue weighted by atomic mass is 9.97. The van der Waals surface area contributed by atoms with Gasteiger partial charge in [0, 0.05) is 24.3 Å². The molecule has 1 aliphatic rings. The van der Waals surface area contributed by atoms with Crippen molar-refractivity contribution in [1.29, 1.82) is 0 Å². The summed E-state index contributed by atoms with van der Waals surface area (Å²) in [7, 11) is 1.45. The van der Waals surface area contributed by atoms with Gasteiger partial charge in [-0.25, -0.2) is 4.79 Å². The van der Waals surface area contributed by atoms with Crippen LogP contribution in [0.25, 0.3) is 22.5 Å². The number of carbonyl (C=O) groups excluding carboxylic acids is 2. The van der Waals surface area contributed by atoms with Crippen molar-refractivity contribution >= 4 is 23.4 Å². The third kappa shape index (κ3) is 6.01. The van der Waals surface area contributed by atoms with Gasteiger partial charge in [0.2, 0.25) is 0 Å². The van der Waals surface area contributed by atoms with E-state index >= 15 is 0 Å². The Bertz CT molecular complexity index is 1450. The van der Waals surface area contributed by atoms with Crippen LogP contribution in [0.15, 0.2) is 83.4 Å². The molecule has 0 saturated carbocycles. The molecule has 5 rings (SSSR count). The first-order valence-electron chi connectivity index (χ1n) is 13.5. The van der Waals surface area contributed by atoms with Crippen LogP contribution < -0.4 is 10.2 Å². The van der Waals surface area contributed by atoms with Crippen molar-refractivity contribution in [3.8, 4) is 22.5 Å². The molecule has 0 bridgehead atoms. The largest absolute Gasteiger partial charge is 0.469 e. The molecule has 1 N–H and O–H groups in total. The molecule has 206 valence electrons. The minimum absolute atomic E-state index is 0.0841. The number of piperidine rings is 1. The molecule has 1 fully saturated rings. The third-order valence-electron chi connectivity index (χ3n) is 7.31. The fourth-order valence-corrected chi connectivity index (χ4v) is 5.05. The molecular formula is C32H33N3O5. The predicted octanol–water partition coefficient (Wildman–Crippen LogP) is 7.02. The Balaban J connectivity index is 1.26. The molecule has 1 amide bonds. The highest BCUT2D eigenvalue weighted by molar-refractivity contribution is 5.91. The van der Waals surface area contributed by atoms with E-state index in [0.29, 0.717) is 23.7 Å². The van der Waals surface area contributed by atoms with Gasteiger partial charge in [0.1, 0.15) is 17.5 Å². The van der Waals surface area contributed by atoms with Crippen LogP contribution in [-0.4, -0.2) is 37.4 Å². The number of nitrogens with one attached hydrogen (secondary N) is 1. The number of amides is 1. The molecule has 4 aromatic rings. The summed E-state index contributed by atoms with van der Waals surface area (Å²) in [6.07, 6.45) is 0.848. The molecule has 1 aromatic heterocycles. The predicted molar refractivity (Wildman–Crippen MR) is 154 cm³/mol. The number of hydrogen-bond donors (Lipinski definition) is 1. The summed E-state index contributed by atoms with van der Waals surface area (Å²) in [5.41, 5.74) is 5.95. The summed E-state index contributed by atoms with van der Waals surface area (Å²) < 4.78 is 16.1. The van der Waals surface area contributed by atoms with Crippen LogP contribution in [0.1, 0.15) is 37.1 Å². The van der Waals surface area contributed by atoms with Crippen LogP contribution in [0.4, 0.5) is 16.2 Å². The monoisotopic (exact) mass is 539 g/mol. The van der Waals surface area contributed by atoms with Crippen molar-refractivity contribution in [3.63, 3.8) is 0 Å². The number of nitrogens with zero attached hydrogens (tertiary/aromatic N) is 2. The molecule has 8 nitrogen and oxygen atoms in total. The second kappa shape index (κ2) is 12.1. The Kier molecular flexibility index (Phi) is 8.15. The van der Waals surface area contributed by atoms with E-state index in [0.717, 1.165) is 47.3 Å². The molecular weight excluding hydrogens is 506 g/mol. The number of esters is 1. The first-order valence-corrected chi connectivity index (χ1v) is 13.5. The molecule has 0 spiro atoms. The SMILES string of the molecule is COC(=O)C1CCCN(c2ccc(-c3ccc(-c4onc(C)c4NC(=O)OC(C)c4ccccc4)cc3)cc2)C1. The van der Waals surface area contributed by atoms with Crippen molar-refractivity contribution < 1.29 is 23.6 Å². The summed E-state index contributed by atoms with van der Waals surface area (Å²) in [4.78, 5) is 26.9. The van der Waals surface area contributed by atoms with Gasteiger partial charge in [-0.15, -0.1) is 0 Å². The van der Waals surface area contributed by atoms with E-state index in [4.69, 9.17) is 14.0 Å². The van der Waals surface area contributed by atoms with Gasteiger partial charge >= 0.3 is 12.1 Å². The Morgan fingerprint density at radius 2 is 1.62 bits per heavy atom. The minimum atomic E-state index is -0.577. The third-order valence-corrected chi connectivity index (χ3v) is 7.31. The van der Waals surface area contributed by atoms with Crippen LogP contribution in [0.5, 0.6) is 0 Å². The lowest BCUT2D eigenvalue weighted by molar-refractivity contribution is -0.145. The summed E-state index contributed by atoms with van der Waals surface area (Å²) >= 11 is 0. The molecule has 8 heteroatoms. The molecule has 0 aliphatic carbocycles. The lowest BCUT2D eigenvalue weighted by Crippen LogP contribution is -2.39. The Morgan fingerprint density at radius 3 is 2.30 bits per heavy atom. The van der Waals surface area contributed by atoms with Crippen LogP contribution in [0.2, 0.25) is 0 Å². The van der Waals surface area contributed by atoms with E-state index in [2.05, 4.69) is 39.6 Å². The quantitative estimate of drug-likeness (QED) is 0.252. The van der Waals surface area contributed by atoms with E-state index in [9.17, 15) is 9.59 Å². The summed E-state index contributed by atoms with van der Waals surface area (Å²) in [5.74, 6) is 0.244. The highest BCUT2D eigenvalue weighted by Gasteiger charge is 2.26. The van der Waals surface area contributed by atoms with Crippen LogP contribution in [0, 0.1) is 12.8 Å². The van der Waals surface area contributed by atoms with E-state index in [-0.39, 0.29) is 11.9 Å². The van der Waals surface area contributed by atoms with Gasteiger partial charge in [-0.3, -0.25) is 10.1 Å². The van der Waals surface area contributed by atoms with Crippen molar-refractivity contribution in [2.24, 2.45) is 5.92 Å². The molecule has 1 aliphatic heterocycles. The summed E-state index contributed by atoms with van der Waals surface area (Å²) in [6.45, 7) is 5.20. The number of anilines is 2. The molecule has 2 unspecified atom stereocenters. The molecule has 1 saturated heterocycles. The zero-order chi connectivity index (χ0) is 28.1. The van der Waals surface area contributed by atoms with E-state index < -0.39 is 12.2 Å². The smallest absolute Gasteiger partial charge is 0.412 e. The molecule has 2 heterocycles. The number of aromatic nitrogens is 1. The van der Waals surface area contributed by atoms with E-state index in [1.165, 1.54) is 7.11 Å². The summed E-state index contributed by atoms with van der Waals surface area (Å²) in [6, 6.07) is 25.8. The average Bonchev–Trinajstić information content (AvgIpc) is 3.36. The molecule has 0 radical (unpaired) electrons. The second-order valence-corrected chi connectivity index (χ2v) is 9.99. The molecule has 2 atom stereocenters. The van der Waals surface area contributed by atoms with Crippen molar-refractivity contribution in [2.75, 3.05) is 30.4 Å². The van der Waals surface area contributed by atoms with Crippen molar-refractivity contribution in [1.82, 2.24) is 5.16 Å². The second-order valence-electron chi connectivity index (χ2n) is 9.99. The van der Waals surface area contributed by atoms with Gasteiger partial charge in [0.15, 0.2) is 5.76 Å². The summed E-state index contributed by atoms with van der Waals surface area (Å²) in [5, 5.41) is 6.87. The van der Waals surface area contributed by atoms with Crippen molar-refractivity contribution in [2.45, 2.75) is 32.8 Å². The maximum absolute atomic E-state index is 12.6. The van der Waals surface area contributed by atoms with Crippen LogP contribution in [0.3, 0.4) is 0 Å². The number of benzene rings is 3. The van der Waals surface area contributed by atoms with Gasteiger partial charge in [-0.05, 0) is 55.5 Å². The van der Waals surface area contributed by atoms with Crippen molar-refractivity contribution in [3.05, 3.63) is 90.1 Å². The number of methoxy groups -OCH3 is 1. The van der Waals surface area contributed by atoms with Crippen LogP contribution in [-0.2, 0) is 14.3 Å². The first kappa shape index (κ1) is 27.0. The van der Waals surface area contributed by atoms with Gasteiger partial charge in [0.25, 0.3) is 0 Å². The number of rotatable bonds is 7. The Hall–Kier alpha value is -4.59. The fourth-order valence-electron chi connectivity index (χ4n) is 5.05. The maximum atomic E-state index is 12.6. The average molecular weight is 540 g/mol. The fraction of sp³-hybridized carbons (Fsp3) is 0.281. The lowest BCUT2D eigenvalue weighted by Gasteiger charge is -2.33. The minimum Gasteiger partial charge on any atom is -0.469 e. The highest BCUT2D eigenvalue weighted by atomic mass is 16.6. The van der Waals surface area contributed by atoms with Gasteiger partial charge in [-0.1, -0.05) is 71.9 Å². The molecule has 40 heavy (non-hydrogen) atoms. The first-order chi connectivity index (χ1) is 19.4. The molecule has 3 aromatic carbocycles. The number of ether oxygens (including phenoxy) is 2. The topological polar surface area (TPSA) is 93.9 Å². The van der Waals surface area contributed by atoms with Crippen LogP contribution >= 0.6 is 0 Å². The number of carbonyl (C=O) groups is 2. The van der Waals surface area contributed by atoms with Gasteiger partial charge < -0.3 is 18.9 Å². The normalized spacial score (nSPS) is 15.8.